The van der Waals surface area contributed by atoms with Crippen LogP contribution in [0.25, 0.3) is 10.6 Å². The van der Waals surface area contributed by atoms with Crippen LogP contribution >= 0.6 is 11.3 Å². The number of ether oxygens (including phenoxy) is 2. The van der Waals surface area contributed by atoms with Crippen molar-refractivity contribution in [2.24, 2.45) is 0 Å². The van der Waals surface area contributed by atoms with Crippen LogP contribution in [-0.4, -0.2) is 29.1 Å². The van der Waals surface area contributed by atoms with Crippen LogP contribution in [0.1, 0.15) is 0 Å². The van der Waals surface area contributed by atoms with Crippen molar-refractivity contribution >= 4 is 22.4 Å². The molecule has 110 valence electrons. The molecule has 1 aliphatic heterocycles. The first-order valence-corrected chi connectivity index (χ1v) is 6.37. The Kier molecular flexibility index (Phi) is 3.16. The lowest BCUT2D eigenvalue weighted by Crippen LogP contribution is -2.29. The number of alkyl halides is 3. The minimum atomic E-state index is -4.97. The Hall–Kier alpha value is -2.36. The van der Waals surface area contributed by atoms with Crippen molar-refractivity contribution in [1.82, 2.24) is 10.2 Å². The van der Waals surface area contributed by atoms with Gasteiger partial charge < -0.3 is 9.47 Å². The van der Waals surface area contributed by atoms with Crippen molar-refractivity contribution in [3.63, 3.8) is 0 Å². The summed E-state index contributed by atoms with van der Waals surface area (Å²) >= 11 is 0.825. The second-order valence-electron chi connectivity index (χ2n) is 3.93. The molecule has 3 rings (SSSR count). The first-order chi connectivity index (χ1) is 9.93. The fraction of sp³-hybridized carbons (Fsp3) is 0.182. The van der Waals surface area contributed by atoms with Gasteiger partial charge in [0, 0.05) is 5.56 Å². The van der Waals surface area contributed by atoms with Crippen LogP contribution < -0.4 is 14.8 Å². The predicted molar refractivity (Wildman–Crippen MR) is 66.2 cm³/mol. The maximum atomic E-state index is 12.1. The van der Waals surface area contributed by atoms with Gasteiger partial charge >= 0.3 is 12.1 Å². The maximum absolute atomic E-state index is 12.1. The smallest absolute Gasteiger partial charge is 0.454 e. The summed E-state index contributed by atoms with van der Waals surface area (Å²) in [6.07, 6.45) is -4.97. The molecule has 0 spiro atoms. The first-order valence-electron chi connectivity index (χ1n) is 5.55. The number of carbonyl (C=O) groups is 1. The van der Waals surface area contributed by atoms with Gasteiger partial charge in [0.1, 0.15) is 5.01 Å². The molecule has 0 atom stereocenters. The number of anilines is 1. The monoisotopic (exact) mass is 317 g/mol. The summed E-state index contributed by atoms with van der Waals surface area (Å²) in [5.74, 6) is -0.992. The number of hydrogen-bond acceptors (Lipinski definition) is 6. The van der Waals surface area contributed by atoms with E-state index in [0.29, 0.717) is 22.1 Å². The van der Waals surface area contributed by atoms with E-state index in [2.05, 4.69) is 10.2 Å². The van der Waals surface area contributed by atoms with Crippen LogP contribution in [0.15, 0.2) is 18.2 Å². The van der Waals surface area contributed by atoms with Gasteiger partial charge in [-0.2, -0.15) is 13.2 Å². The fourth-order valence-corrected chi connectivity index (χ4v) is 2.32. The van der Waals surface area contributed by atoms with Crippen LogP contribution in [-0.2, 0) is 4.79 Å². The summed E-state index contributed by atoms with van der Waals surface area (Å²) in [7, 11) is 0. The molecule has 0 aliphatic carbocycles. The van der Waals surface area contributed by atoms with E-state index >= 15 is 0 Å². The molecule has 0 fully saturated rings. The average Bonchev–Trinajstić information content (AvgIpc) is 3.04. The molecule has 1 amide bonds. The Morgan fingerprint density at radius 2 is 2.00 bits per heavy atom. The fourth-order valence-electron chi connectivity index (χ4n) is 1.59. The number of carbonyl (C=O) groups excluding carboxylic acids is 1. The van der Waals surface area contributed by atoms with Crippen molar-refractivity contribution < 1.29 is 27.4 Å². The van der Waals surface area contributed by atoms with Gasteiger partial charge in [-0.15, -0.1) is 10.2 Å². The van der Waals surface area contributed by atoms with Crippen LogP contribution in [0.3, 0.4) is 0 Å². The van der Waals surface area contributed by atoms with E-state index < -0.39 is 12.1 Å². The Balaban J connectivity index is 1.80. The van der Waals surface area contributed by atoms with Crippen LogP contribution in [0, 0.1) is 0 Å². The van der Waals surface area contributed by atoms with E-state index in [1.807, 2.05) is 0 Å². The molecule has 0 bridgehead atoms. The summed E-state index contributed by atoms with van der Waals surface area (Å²) in [6, 6.07) is 4.97. The zero-order valence-corrected chi connectivity index (χ0v) is 10.9. The molecule has 10 heteroatoms. The van der Waals surface area contributed by atoms with Gasteiger partial charge in [0.2, 0.25) is 11.9 Å². The van der Waals surface area contributed by atoms with Gasteiger partial charge in [-0.25, -0.2) is 0 Å². The number of rotatable bonds is 2. The summed E-state index contributed by atoms with van der Waals surface area (Å²) in [6.45, 7) is 0.113. The topological polar surface area (TPSA) is 73.3 Å². The minimum absolute atomic E-state index is 0.113. The number of benzene rings is 1. The first kappa shape index (κ1) is 13.6. The largest absolute Gasteiger partial charge is 0.471 e. The molecule has 21 heavy (non-hydrogen) atoms. The molecular weight excluding hydrogens is 311 g/mol. The minimum Gasteiger partial charge on any atom is -0.454 e. The van der Waals surface area contributed by atoms with Crippen molar-refractivity contribution in [1.29, 1.82) is 0 Å². The van der Waals surface area contributed by atoms with Crippen LogP contribution in [0.5, 0.6) is 11.5 Å². The van der Waals surface area contributed by atoms with Gasteiger partial charge in [0.05, 0.1) is 0 Å². The third-order valence-electron chi connectivity index (χ3n) is 2.52. The maximum Gasteiger partial charge on any atom is 0.471 e. The quantitative estimate of drug-likeness (QED) is 0.921. The number of hydrogen-bond donors (Lipinski definition) is 1. The molecule has 2 aromatic rings. The lowest BCUT2D eigenvalue weighted by Gasteiger charge is -2.03. The highest BCUT2D eigenvalue weighted by Gasteiger charge is 2.39. The van der Waals surface area contributed by atoms with E-state index in [9.17, 15) is 18.0 Å². The highest BCUT2D eigenvalue weighted by atomic mass is 32.1. The lowest BCUT2D eigenvalue weighted by atomic mass is 10.2. The molecule has 1 aromatic carbocycles. The second-order valence-corrected chi connectivity index (χ2v) is 4.91. The number of fused-ring (bicyclic) bond motifs is 1. The summed E-state index contributed by atoms with van der Waals surface area (Å²) in [4.78, 5) is 10.8. The van der Waals surface area contributed by atoms with Crippen molar-refractivity contribution in [3.05, 3.63) is 18.2 Å². The molecule has 0 saturated heterocycles. The number of nitrogens with zero attached hydrogens (tertiary/aromatic N) is 2. The SMILES string of the molecule is O=C(Nc1nnc(-c2ccc3c(c2)OCO3)s1)C(F)(F)F. The number of nitrogens with one attached hydrogen (secondary N) is 1. The van der Waals surface area contributed by atoms with E-state index in [0.717, 1.165) is 11.3 Å². The molecule has 1 aliphatic rings. The standard InChI is InChI=1S/C11H6F3N3O3S/c12-11(13,14)9(18)15-10-17-16-8(21-10)5-1-2-6-7(3-5)20-4-19-6/h1-3H,4H2,(H,15,17,18). The van der Waals surface area contributed by atoms with E-state index in [1.165, 1.54) is 0 Å². The highest BCUT2D eigenvalue weighted by Crippen LogP contribution is 2.37. The van der Waals surface area contributed by atoms with E-state index in [1.54, 1.807) is 23.5 Å². The van der Waals surface area contributed by atoms with Crippen LogP contribution in [0.4, 0.5) is 18.3 Å². The third-order valence-corrected chi connectivity index (χ3v) is 3.41. The lowest BCUT2D eigenvalue weighted by molar-refractivity contribution is -0.167. The molecule has 0 unspecified atom stereocenters. The Bertz CT molecular complexity index is 702. The molecule has 2 heterocycles. The second kappa shape index (κ2) is 4.88. The molecular formula is C11H6F3N3O3S. The normalized spacial score (nSPS) is 13.3. The molecule has 6 nitrogen and oxygen atoms in total. The third kappa shape index (κ3) is 2.75. The van der Waals surface area contributed by atoms with Gasteiger partial charge in [0.15, 0.2) is 11.5 Å². The van der Waals surface area contributed by atoms with Gasteiger partial charge in [-0.1, -0.05) is 11.3 Å². The molecule has 1 aromatic heterocycles. The average molecular weight is 317 g/mol. The number of aromatic nitrogens is 2. The predicted octanol–water partition coefficient (Wildman–Crippen LogP) is 2.43. The summed E-state index contributed by atoms with van der Waals surface area (Å²) < 4.78 is 46.7. The van der Waals surface area contributed by atoms with Gasteiger partial charge in [-0.05, 0) is 18.2 Å². The van der Waals surface area contributed by atoms with Crippen molar-refractivity contribution in [2.75, 3.05) is 12.1 Å². The van der Waals surface area contributed by atoms with E-state index in [-0.39, 0.29) is 11.9 Å². The van der Waals surface area contributed by atoms with Gasteiger partial charge in [0.25, 0.3) is 0 Å². The molecule has 1 N–H and O–H groups in total. The Morgan fingerprint density at radius 3 is 2.76 bits per heavy atom. The van der Waals surface area contributed by atoms with Gasteiger partial charge in [-0.3, -0.25) is 10.1 Å². The molecule has 0 radical (unpaired) electrons. The van der Waals surface area contributed by atoms with Crippen molar-refractivity contribution in [3.8, 4) is 22.1 Å². The molecule has 0 saturated carbocycles. The number of amides is 1. The summed E-state index contributed by atoms with van der Waals surface area (Å²) in [5, 5.41) is 9.01. The van der Waals surface area contributed by atoms with Crippen LogP contribution in [0.2, 0.25) is 0 Å². The zero-order valence-electron chi connectivity index (χ0n) is 10.1. The Morgan fingerprint density at radius 1 is 1.24 bits per heavy atom. The Labute approximate surface area is 119 Å². The van der Waals surface area contributed by atoms with E-state index in [4.69, 9.17) is 9.47 Å². The van der Waals surface area contributed by atoms with Crippen molar-refractivity contribution in [2.45, 2.75) is 6.18 Å². The zero-order chi connectivity index (χ0) is 15.0. The number of halogens is 3. The summed E-state index contributed by atoms with van der Waals surface area (Å²) in [5.41, 5.74) is 0.601. The highest BCUT2D eigenvalue weighted by molar-refractivity contribution is 7.18.